The summed E-state index contributed by atoms with van der Waals surface area (Å²) in [7, 11) is 0. The molecule has 0 aliphatic carbocycles. The average Bonchev–Trinajstić information content (AvgIpc) is 3.25. The molecule has 1 saturated heterocycles. The van der Waals surface area contributed by atoms with Crippen molar-refractivity contribution in [3.63, 3.8) is 0 Å². The van der Waals surface area contributed by atoms with Crippen molar-refractivity contribution in [1.82, 2.24) is 14.3 Å². The van der Waals surface area contributed by atoms with Gasteiger partial charge in [0.15, 0.2) is 0 Å². The van der Waals surface area contributed by atoms with Crippen LogP contribution >= 0.6 is 0 Å². The third kappa shape index (κ3) is 5.52. The molecule has 1 aliphatic heterocycles. The van der Waals surface area contributed by atoms with Crippen LogP contribution in [-0.2, 0) is 24.4 Å². The fourth-order valence-electron chi connectivity index (χ4n) is 5.01. The highest BCUT2D eigenvalue weighted by atomic mass is 19.1. The highest BCUT2D eigenvalue weighted by Crippen LogP contribution is 2.27. The van der Waals surface area contributed by atoms with E-state index in [4.69, 9.17) is 14.7 Å². The first-order valence-electron chi connectivity index (χ1n) is 13.6. The maximum absolute atomic E-state index is 15.5. The quantitative estimate of drug-likeness (QED) is 0.245. The van der Waals surface area contributed by atoms with Crippen LogP contribution < -0.4 is 10.3 Å². The fraction of sp³-hybridized carbons (Fsp3) is 0.188. The summed E-state index contributed by atoms with van der Waals surface area (Å²) < 4.78 is 59.0. The molecule has 6 rings (SSSR count). The first-order valence-corrected chi connectivity index (χ1v) is 13.6. The SMILES string of the molecule is N#Cc1ccc(COc2cccc(-c3cc(F)c(Cn4c(=O)c5ccc(C(=O)O)cc5n4C[C@@H]4CCO4)cc3F)n2)c(F)c1. The maximum Gasteiger partial charge on any atom is 0.335 e. The standard InChI is InChI=1S/C32H23F3N4O5/c33-25-10-18(14-36)4-5-20(25)17-44-30-3-1-2-28(37-30)24-13-26(34)21(11-27(24)35)15-39-31(40)23-7-6-19(32(41)42)12-29(23)38(39)16-22-8-9-43-22/h1-7,10-13,22H,8-9,15-17H2,(H,41,42)/t22-/m0/s1. The van der Waals surface area contributed by atoms with Crippen LogP contribution in [0.4, 0.5) is 13.2 Å². The van der Waals surface area contributed by atoms with Crippen LogP contribution in [0.2, 0.25) is 0 Å². The van der Waals surface area contributed by atoms with Gasteiger partial charge in [-0.2, -0.15) is 5.26 Å². The van der Waals surface area contributed by atoms with E-state index in [0.29, 0.717) is 12.1 Å². The summed E-state index contributed by atoms with van der Waals surface area (Å²) >= 11 is 0. The Kier molecular flexibility index (Phi) is 7.63. The molecule has 1 atom stereocenters. The largest absolute Gasteiger partial charge is 0.478 e. The number of rotatable bonds is 9. The molecule has 9 nitrogen and oxygen atoms in total. The van der Waals surface area contributed by atoms with Gasteiger partial charge in [0.1, 0.15) is 24.1 Å². The molecule has 1 aliphatic rings. The lowest BCUT2D eigenvalue weighted by Crippen LogP contribution is -2.35. The van der Waals surface area contributed by atoms with E-state index >= 15 is 8.78 Å². The molecule has 1 fully saturated rings. The molecule has 222 valence electrons. The number of carboxylic acids is 1. The number of nitrogens with zero attached hydrogens (tertiary/aromatic N) is 4. The topological polar surface area (TPSA) is 119 Å². The van der Waals surface area contributed by atoms with Crippen LogP contribution in [0.25, 0.3) is 22.2 Å². The number of benzene rings is 3. The van der Waals surface area contributed by atoms with E-state index in [9.17, 15) is 19.1 Å². The summed E-state index contributed by atoms with van der Waals surface area (Å²) in [5.74, 6) is -3.32. The Balaban J connectivity index is 1.29. The van der Waals surface area contributed by atoms with Gasteiger partial charge in [-0.3, -0.25) is 9.48 Å². The van der Waals surface area contributed by atoms with Crippen LogP contribution in [0.3, 0.4) is 0 Å². The van der Waals surface area contributed by atoms with E-state index in [1.54, 1.807) is 4.68 Å². The third-order valence-corrected chi connectivity index (χ3v) is 7.46. The Morgan fingerprint density at radius 2 is 1.82 bits per heavy atom. The number of nitriles is 1. The zero-order valence-corrected chi connectivity index (χ0v) is 23.0. The molecular formula is C32H23F3N4O5. The van der Waals surface area contributed by atoms with Gasteiger partial charge in [-0.15, -0.1) is 0 Å². The summed E-state index contributed by atoms with van der Waals surface area (Å²) in [5.41, 5.74) is 0.0276. The van der Waals surface area contributed by atoms with Gasteiger partial charge in [0, 0.05) is 29.4 Å². The van der Waals surface area contributed by atoms with Gasteiger partial charge >= 0.3 is 5.97 Å². The van der Waals surface area contributed by atoms with E-state index in [1.165, 1.54) is 53.2 Å². The smallest absolute Gasteiger partial charge is 0.335 e. The molecular weight excluding hydrogens is 577 g/mol. The van der Waals surface area contributed by atoms with Crippen LogP contribution in [0, 0.1) is 28.8 Å². The first-order chi connectivity index (χ1) is 21.2. The molecule has 5 aromatic rings. The Labute approximate surface area is 247 Å². The second-order valence-electron chi connectivity index (χ2n) is 10.3. The summed E-state index contributed by atoms with van der Waals surface area (Å²) in [4.78, 5) is 29.1. The van der Waals surface area contributed by atoms with Gasteiger partial charge in [-0.05, 0) is 55.0 Å². The van der Waals surface area contributed by atoms with Crippen LogP contribution in [0.5, 0.6) is 5.88 Å². The molecule has 0 amide bonds. The number of hydrogen-bond acceptors (Lipinski definition) is 6. The molecule has 0 bridgehead atoms. The van der Waals surface area contributed by atoms with Crippen molar-refractivity contribution in [2.75, 3.05) is 6.61 Å². The van der Waals surface area contributed by atoms with Crippen LogP contribution in [0.15, 0.2) is 71.5 Å². The van der Waals surface area contributed by atoms with Crippen molar-refractivity contribution in [2.45, 2.75) is 32.2 Å². The lowest BCUT2D eigenvalue weighted by molar-refractivity contribution is -0.0618. The lowest BCUT2D eigenvalue weighted by atomic mass is 10.1. The average molecular weight is 601 g/mol. The molecule has 2 aromatic heterocycles. The van der Waals surface area contributed by atoms with Gasteiger partial charge in [0.2, 0.25) is 5.88 Å². The van der Waals surface area contributed by atoms with E-state index < -0.39 is 29.0 Å². The highest BCUT2D eigenvalue weighted by Gasteiger charge is 2.24. The number of fused-ring (bicyclic) bond motifs is 1. The van der Waals surface area contributed by atoms with Crippen LogP contribution in [-0.4, -0.2) is 38.1 Å². The predicted molar refractivity (Wildman–Crippen MR) is 152 cm³/mol. The Morgan fingerprint density at radius 1 is 1.02 bits per heavy atom. The van der Waals surface area contributed by atoms with Crippen molar-refractivity contribution in [3.05, 3.63) is 117 Å². The van der Waals surface area contributed by atoms with Gasteiger partial charge in [0.25, 0.3) is 5.56 Å². The third-order valence-electron chi connectivity index (χ3n) is 7.46. The number of halogens is 3. The van der Waals surface area contributed by atoms with E-state index in [2.05, 4.69) is 4.98 Å². The summed E-state index contributed by atoms with van der Waals surface area (Å²) in [6.45, 7) is 0.264. The number of carboxylic acid groups (broad SMARTS) is 1. The first kappa shape index (κ1) is 28.7. The molecule has 12 heteroatoms. The fourth-order valence-corrected chi connectivity index (χ4v) is 5.01. The van der Waals surface area contributed by atoms with Gasteiger partial charge in [0.05, 0.1) is 53.0 Å². The number of aromatic carboxylic acids is 1. The van der Waals surface area contributed by atoms with E-state index in [-0.39, 0.29) is 70.6 Å². The minimum Gasteiger partial charge on any atom is -0.478 e. The van der Waals surface area contributed by atoms with Gasteiger partial charge in [-0.25, -0.2) is 27.6 Å². The lowest BCUT2D eigenvalue weighted by Gasteiger charge is -2.28. The maximum atomic E-state index is 15.5. The summed E-state index contributed by atoms with van der Waals surface area (Å²) in [5, 5.41) is 18.6. The van der Waals surface area contributed by atoms with Crippen molar-refractivity contribution in [2.24, 2.45) is 0 Å². The number of aromatic nitrogens is 3. The zero-order chi connectivity index (χ0) is 31.0. The molecule has 0 radical (unpaired) electrons. The van der Waals surface area contributed by atoms with Crippen LogP contribution in [0.1, 0.15) is 33.5 Å². The summed E-state index contributed by atoms with van der Waals surface area (Å²) in [6, 6.07) is 16.4. The van der Waals surface area contributed by atoms with E-state index in [0.717, 1.165) is 24.6 Å². The second-order valence-corrected chi connectivity index (χ2v) is 10.3. The molecule has 1 N–H and O–H groups in total. The van der Waals surface area contributed by atoms with Crippen molar-refractivity contribution >= 4 is 16.9 Å². The second kappa shape index (κ2) is 11.7. The zero-order valence-electron chi connectivity index (χ0n) is 23.0. The molecule has 3 heterocycles. The summed E-state index contributed by atoms with van der Waals surface area (Å²) in [6.07, 6.45) is 0.533. The molecule has 0 unspecified atom stereocenters. The molecule has 44 heavy (non-hydrogen) atoms. The number of hydrogen-bond donors (Lipinski definition) is 1. The number of pyridine rings is 1. The van der Waals surface area contributed by atoms with Crippen molar-refractivity contribution < 1.29 is 32.5 Å². The van der Waals surface area contributed by atoms with E-state index in [1.807, 2.05) is 6.07 Å². The monoisotopic (exact) mass is 600 g/mol. The minimum atomic E-state index is -1.16. The van der Waals surface area contributed by atoms with Gasteiger partial charge in [-0.1, -0.05) is 12.1 Å². The van der Waals surface area contributed by atoms with Gasteiger partial charge < -0.3 is 14.6 Å². The highest BCUT2D eigenvalue weighted by molar-refractivity contribution is 5.93. The normalized spacial score (nSPS) is 14.3. The Bertz CT molecular complexity index is 2030. The van der Waals surface area contributed by atoms with Crippen molar-refractivity contribution in [3.8, 4) is 23.2 Å². The van der Waals surface area contributed by atoms with Crippen molar-refractivity contribution in [1.29, 1.82) is 5.26 Å². The number of carbonyl (C=O) groups is 1. The Morgan fingerprint density at radius 3 is 2.52 bits per heavy atom. The predicted octanol–water partition coefficient (Wildman–Crippen LogP) is 5.27. The Hall–Kier alpha value is -5.41. The number of ether oxygens (including phenoxy) is 2. The molecule has 0 spiro atoms. The molecule has 3 aromatic carbocycles. The minimum absolute atomic E-state index is 0.0137. The molecule has 0 saturated carbocycles.